The van der Waals surface area contributed by atoms with E-state index in [4.69, 9.17) is 9.47 Å². The predicted molar refractivity (Wildman–Crippen MR) is 102 cm³/mol. The minimum absolute atomic E-state index is 0.214. The van der Waals surface area contributed by atoms with Crippen LogP contribution in [0.4, 0.5) is 0 Å². The molecule has 2 aromatic heterocycles. The number of amides is 1. The van der Waals surface area contributed by atoms with Gasteiger partial charge in [-0.3, -0.25) is 9.59 Å². The number of thiazole rings is 1. The Hall–Kier alpha value is -2.45. The van der Waals surface area contributed by atoms with Crippen LogP contribution >= 0.6 is 22.7 Å². The molecule has 0 saturated carbocycles. The van der Waals surface area contributed by atoms with E-state index in [0.717, 1.165) is 16.0 Å². The lowest BCUT2D eigenvalue weighted by Crippen LogP contribution is -2.19. The molecular formula is C18H18N2O4S2. The lowest BCUT2D eigenvalue weighted by atomic mass is 10.3. The maximum absolute atomic E-state index is 12.4. The Bertz CT molecular complexity index is 986. The van der Waals surface area contributed by atoms with Crippen LogP contribution < -0.4 is 9.54 Å². The van der Waals surface area contributed by atoms with E-state index in [-0.39, 0.29) is 18.3 Å². The number of methoxy groups -OCH3 is 1. The van der Waals surface area contributed by atoms with Crippen LogP contribution in [0.3, 0.4) is 0 Å². The SMILES string of the molecule is CCOC(=O)CCn1c(=NC(=O)c2cccs2)sc2cc(OC)ccc21. The molecule has 3 aromatic rings. The summed E-state index contributed by atoms with van der Waals surface area (Å²) in [6, 6.07) is 9.22. The van der Waals surface area contributed by atoms with Crippen molar-refractivity contribution in [3.63, 3.8) is 0 Å². The number of carbonyl (C=O) groups excluding carboxylic acids is 2. The molecule has 0 bridgehead atoms. The lowest BCUT2D eigenvalue weighted by Gasteiger charge is -2.06. The van der Waals surface area contributed by atoms with Gasteiger partial charge in [0, 0.05) is 6.54 Å². The molecule has 0 aliphatic heterocycles. The van der Waals surface area contributed by atoms with Crippen molar-refractivity contribution in [1.29, 1.82) is 0 Å². The fraction of sp³-hybridized carbons (Fsp3) is 0.278. The van der Waals surface area contributed by atoms with E-state index in [9.17, 15) is 9.59 Å². The first-order chi connectivity index (χ1) is 12.6. The minimum Gasteiger partial charge on any atom is -0.497 e. The Kier molecular flexibility index (Phi) is 5.85. The van der Waals surface area contributed by atoms with E-state index in [1.54, 1.807) is 20.1 Å². The van der Waals surface area contributed by atoms with Gasteiger partial charge in [0.15, 0.2) is 4.80 Å². The van der Waals surface area contributed by atoms with Crippen molar-refractivity contribution in [2.75, 3.05) is 13.7 Å². The van der Waals surface area contributed by atoms with E-state index < -0.39 is 0 Å². The number of esters is 1. The molecule has 0 aliphatic carbocycles. The highest BCUT2D eigenvalue weighted by Gasteiger charge is 2.12. The third-order valence-corrected chi connectivity index (χ3v) is 5.56. The van der Waals surface area contributed by atoms with Crippen LogP contribution in [-0.4, -0.2) is 30.2 Å². The molecule has 3 rings (SSSR count). The normalized spacial score (nSPS) is 11.7. The van der Waals surface area contributed by atoms with Gasteiger partial charge in [0.2, 0.25) is 0 Å². The van der Waals surface area contributed by atoms with Crippen LogP contribution in [0.1, 0.15) is 23.0 Å². The number of fused-ring (bicyclic) bond motifs is 1. The second-order valence-corrected chi connectivity index (χ2v) is 7.28. The van der Waals surface area contributed by atoms with Crippen molar-refractivity contribution in [3.05, 3.63) is 45.4 Å². The summed E-state index contributed by atoms with van der Waals surface area (Å²) in [6.45, 7) is 2.51. The molecule has 0 fully saturated rings. The van der Waals surface area contributed by atoms with Gasteiger partial charge in [-0.25, -0.2) is 0 Å². The standard InChI is InChI=1S/C18H18N2O4S2/c1-3-24-16(21)8-9-20-13-7-6-12(23-2)11-15(13)26-18(20)19-17(22)14-5-4-10-25-14/h4-7,10-11H,3,8-9H2,1-2H3. The Morgan fingerprint density at radius 3 is 2.81 bits per heavy atom. The zero-order valence-corrected chi connectivity index (χ0v) is 16.1. The van der Waals surface area contributed by atoms with Gasteiger partial charge in [0.1, 0.15) is 5.75 Å². The second kappa shape index (κ2) is 8.29. The fourth-order valence-corrected chi connectivity index (χ4v) is 4.15. The van der Waals surface area contributed by atoms with Crippen LogP contribution in [0.2, 0.25) is 0 Å². The van der Waals surface area contributed by atoms with Gasteiger partial charge < -0.3 is 14.0 Å². The van der Waals surface area contributed by atoms with E-state index in [2.05, 4.69) is 4.99 Å². The van der Waals surface area contributed by atoms with Crippen molar-refractivity contribution in [3.8, 4) is 5.75 Å². The molecule has 0 atom stereocenters. The van der Waals surface area contributed by atoms with Crippen LogP contribution in [-0.2, 0) is 16.1 Å². The van der Waals surface area contributed by atoms with Crippen molar-refractivity contribution in [1.82, 2.24) is 4.57 Å². The highest BCUT2D eigenvalue weighted by molar-refractivity contribution is 7.16. The number of aromatic nitrogens is 1. The van der Waals surface area contributed by atoms with E-state index in [0.29, 0.717) is 22.8 Å². The number of nitrogens with zero attached hydrogens (tertiary/aromatic N) is 2. The molecule has 8 heteroatoms. The Labute approximate surface area is 158 Å². The first-order valence-electron chi connectivity index (χ1n) is 8.08. The van der Waals surface area contributed by atoms with E-state index >= 15 is 0 Å². The number of ether oxygens (including phenoxy) is 2. The van der Waals surface area contributed by atoms with Gasteiger partial charge in [-0.15, -0.1) is 11.3 Å². The molecule has 2 heterocycles. The van der Waals surface area contributed by atoms with E-state index in [1.165, 1.54) is 22.7 Å². The molecule has 0 aliphatic rings. The molecular weight excluding hydrogens is 372 g/mol. The van der Waals surface area contributed by atoms with Crippen LogP contribution in [0, 0.1) is 0 Å². The first-order valence-corrected chi connectivity index (χ1v) is 9.77. The summed E-state index contributed by atoms with van der Waals surface area (Å²) in [5.41, 5.74) is 0.901. The minimum atomic E-state index is -0.289. The summed E-state index contributed by atoms with van der Waals surface area (Å²) in [6.07, 6.45) is 0.214. The summed E-state index contributed by atoms with van der Waals surface area (Å²) in [4.78, 5) is 29.5. The zero-order valence-electron chi connectivity index (χ0n) is 14.4. The molecule has 0 spiro atoms. The Morgan fingerprint density at radius 2 is 2.12 bits per heavy atom. The van der Waals surface area contributed by atoms with Crippen molar-refractivity contribution < 1.29 is 19.1 Å². The van der Waals surface area contributed by atoms with Gasteiger partial charge in [0.05, 0.1) is 35.2 Å². The van der Waals surface area contributed by atoms with Crippen LogP contribution in [0.5, 0.6) is 5.75 Å². The number of hydrogen-bond donors (Lipinski definition) is 0. The van der Waals surface area contributed by atoms with Crippen molar-refractivity contribution in [2.45, 2.75) is 19.9 Å². The highest BCUT2D eigenvalue weighted by atomic mass is 32.1. The molecule has 6 nitrogen and oxygen atoms in total. The van der Waals surface area contributed by atoms with Gasteiger partial charge >= 0.3 is 5.97 Å². The zero-order chi connectivity index (χ0) is 18.5. The predicted octanol–water partition coefficient (Wildman–Crippen LogP) is 3.47. The van der Waals surface area contributed by atoms with Crippen LogP contribution in [0.25, 0.3) is 10.2 Å². The van der Waals surface area contributed by atoms with Crippen molar-refractivity contribution in [2.24, 2.45) is 4.99 Å². The first kappa shape index (κ1) is 18.3. The molecule has 1 amide bonds. The monoisotopic (exact) mass is 390 g/mol. The fourth-order valence-electron chi connectivity index (χ4n) is 2.46. The highest BCUT2D eigenvalue weighted by Crippen LogP contribution is 2.23. The largest absolute Gasteiger partial charge is 0.497 e. The van der Waals surface area contributed by atoms with Gasteiger partial charge in [-0.2, -0.15) is 4.99 Å². The van der Waals surface area contributed by atoms with Gasteiger partial charge in [-0.05, 0) is 36.6 Å². The summed E-state index contributed by atoms with van der Waals surface area (Å²) < 4.78 is 13.1. The summed E-state index contributed by atoms with van der Waals surface area (Å²) in [5, 5.41) is 1.84. The summed E-state index contributed by atoms with van der Waals surface area (Å²) in [5.74, 6) is 0.166. The molecule has 0 radical (unpaired) electrons. The molecule has 0 saturated heterocycles. The van der Waals surface area contributed by atoms with Gasteiger partial charge in [-0.1, -0.05) is 17.4 Å². The average molecular weight is 390 g/mol. The average Bonchev–Trinajstić information content (AvgIpc) is 3.27. The topological polar surface area (TPSA) is 69.9 Å². The maximum atomic E-state index is 12.4. The Morgan fingerprint density at radius 1 is 1.27 bits per heavy atom. The number of hydrogen-bond acceptors (Lipinski definition) is 6. The molecule has 0 N–H and O–H groups in total. The number of benzene rings is 1. The second-order valence-electron chi connectivity index (χ2n) is 5.32. The quantitative estimate of drug-likeness (QED) is 0.605. The molecule has 26 heavy (non-hydrogen) atoms. The number of carbonyl (C=O) groups is 2. The van der Waals surface area contributed by atoms with Crippen molar-refractivity contribution >= 4 is 44.8 Å². The van der Waals surface area contributed by atoms with Gasteiger partial charge in [0.25, 0.3) is 5.91 Å². The number of aryl methyl sites for hydroxylation is 1. The van der Waals surface area contributed by atoms with E-state index in [1.807, 2.05) is 34.2 Å². The molecule has 0 unspecified atom stereocenters. The number of rotatable bonds is 6. The van der Waals surface area contributed by atoms with Crippen LogP contribution in [0.15, 0.2) is 40.7 Å². The lowest BCUT2D eigenvalue weighted by molar-refractivity contribution is -0.143. The third-order valence-electron chi connectivity index (χ3n) is 3.66. The smallest absolute Gasteiger partial charge is 0.307 e. The Balaban J connectivity index is 2.03. The summed E-state index contributed by atoms with van der Waals surface area (Å²) in [7, 11) is 1.61. The molecule has 1 aromatic carbocycles. The third kappa shape index (κ3) is 4.03. The maximum Gasteiger partial charge on any atom is 0.307 e. The molecule has 136 valence electrons. The number of thiophene rings is 1. The summed E-state index contributed by atoms with van der Waals surface area (Å²) >= 11 is 2.74.